The van der Waals surface area contributed by atoms with Crippen molar-refractivity contribution in [3.63, 3.8) is 0 Å². The van der Waals surface area contributed by atoms with Gasteiger partial charge in [0.15, 0.2) is 9.84 Å². The number of hydrogen-bond donors (Lipinski definition) is 1. The molecule has 0 heterocycles. The molecule has 1 saturated carbocycles. The Kier molecular flexibility index (Phi) is 2.54. The first-order chi connectivity index (χ1) is 5.08. The van der Waals surface area contributed by atoms with Crippen molar-refractivity contribution in [3.8, 4) is 0 Å². The lowest BCUT2D eigenvalue weighted by atomic mass is 10.3. The van der Waals surface area contributed by atoms with E-state index >= 15 is 0 Å². The van der Waals surface area contributed by atoms with Crippen molar-refractivity contribution >= 4 is 9.84 Å². The summed E-state index contributed by atoms with van der Waals surface area (Å²) in [6.07, 6.45) is 1.51. The maximum Gasteiger partial charge on any atom is 0.155 e. The molecule has 2 atom stereocenters. The van der Waals surface area contributed by atoms with Crippen LogP contribution in [-0.4, -0.2) is 30.6 Å². The fourth-order valence-electron chi connectivity index (χ4n) is 1.54. The standard InChI is InChI=1S/C7H14O3S/c1-2-11(9,10)7-5-3-4-6(7)8/h6-8H,2-5H2,1H3/t6-,7+/m0/s1. The van der Waals surface area contributed by atoms with E-state index in [1.807, 2.05) is 0 Å². The number of rotatable bonds is 2. The van der Waals surface area contributed by atoms with Crippen LogP contribution < -0.4 is 0 Å². The molecule has 1 fully saturated rings. The van der Waals surface area contributed by atoms with Gasteiger partial charge >= 0.3 is 0 Å². The molecule has 0 unspecified atom stereocenters. The molecule has 66 valence electrons. The summed E-state index contributed by atoms with van der Waals surface area (Å²) in [6.45, 7) is 1.63. The first kappa shape index (κ1) is 9.00. The first-order valence-electron chi connectivity index (χ1n) is 3.97. The number of aliphatic hydroxyl groups is 1. The minimum atomic E-state index is -3.00. The van der Waals surface area contributed by atoms with E-state index in [-0.39, 0.29) is 5.75 Å². The van der Waals surface area contributed by atoms with Crippen molar-refractivity contribution in [2.45, 2.75) is 37.5 Å². The molecule has 3 nitrogen and oxygen atoms in total. The molecule has 0 bridgehead atoms. The Balaban J connectivity index is 2.75. The molecule has 0 spiro atoms. The number of aliphatic hydroxyl groups excluding tert-OH is 1. The van der Waals surface area contributed by atoms with Crippen molar-refractivity contribution in [2.75, 3.05) is 5.75 Å². The van der Waals surface area contributed by atoms with E-state index in [1.165, 1.54) is 0 Å². The van der Waals surface area contributed by atoms with Crippen molar-refractivity contribution in [2.24, 2.45) is 0 Å². The molecular formula is C7H14O3S. The van der Waals surface area contributed by atoms with Gasteiger partial charge in [0.25, 0.3) is 0 Å². The Morgan fingerprint density at radius 2 is 2.09 bits per heavy atom. The van der Waals surface area contributed by atoms with Gasteiger partial charge < -0.3 is 5.11 Å². The van der Waals surface area contributed by atoms with E-state index in [1.54, 1.807) is 6.92 Å². The van der Waals surface area contributed by atoms with E-state index < -0.39 is 21.2 Å². The third-order valence-electron chi connectivity index (χ3n) is 2.28. The van der Waals surface area contributed by atoms with Gasteiger partial charge in [-0.15, -0.1) is 0 Å². The average molecular weight is 178 g/mol. The van der Waals surface area contributed by atoms with Crippen molar-refractivity contribution in [1.82, 2.24) is 0 Å². The molecule has 0 aromatic rings. The summed E-state index contributed by atoms with van der Waals surface area (Å²) in [5.74, 6) is 0.148. The largest absolute Gasteiger partial charge is 0.392 e. The fraction of sp³-hybridized carbons (Fsp3) is 1.00. The topological polar surface area (TPSA) is 54.4 Å². The third-order valence-corrected chi connectivity index (χ3v) is 4.56. The molecule has 0 amide bonds. The maximum atomic E-state index is 11.3. The summed E-state index contributed by atoms with van der Waals surface area (Å²) >= 11 is 0. The molecular weight excluding hydrogens is 164 g/mol. The van der Waals surface area contributed by atoms with Crippen LogP contribution in [0.3, 0.4) is 0 Å². The highest BCUT2D eigenvalue weighted by Gasteiger charge is 2.34. The lowest BCUT2D eigenvalue weighted by molar-refractivity contribution is 0.185. The zero-order valence-corrected chi connectivity index (χ0v) is 7.47. The quantitative estimate of drug-likeness (QED) is 0.663. The molecule has 1 N–H and O–H groups in total. The zero-order chi connectivity index (χ0) is 8.48. The average Bonchev–Trinajstić information content (AvgIpc) is 2.36. The molecule has 0 aliphatic heterocycles. The summed E-state index contributed by atoms with van der Waals surface area (Å²) in [7, 11) is -3.00. The second-order valence-electron chi connectivity index (χ2n) is 2.99. The van der Waals surface area contributed by atoms with Crippen molar-refractivity contribution in [3.05, 3.63) is 0 Å². The molecule has 1 rings (SSSR count). The van der Waals surface area contributed by atoms with Gasteiger partial charge in [-0.2, -0.15) is 0 Å². The monoisotopic (exact) mass is 178 g/mol. The van der Waals surface area contributed by atoms with Crippen LogP contribution >= 0.6 is 0 Å². The van der Waals surface area contributed by atoms with Gasteiger partial charge in [-0.1, -0.05) is 6.92 Å². The summed E-state index contributed by atoms with van der Waals surface area (Å²) in [5.41, 5.74) is 0. The van der Waals surface area contributed by atoms with Crippen LogP contribution in [0.25, 0.3) is 0 Å². The first-order valence-corrected chi connectivity index (χ1v) is 5.69. The van der Waals surface area contributed by atoms with Crippen LogP contribution in [0.2, 0.25) is 0 Å². The second-order valence-corrected chi connectivity index (χ2v) is 5.50. The van der Waals surface area contributed by atoms with E-state index in [4.69, 9.17) is 0 Å². The zero-order valence-electron chi connectivity index (χ0n) is 6.66. The predicted octanol–water partition coefficient (Wildman–Crippen LogP) is 0.335. The minimum Gasteiger partial charge on any atom is -0.392 e. The lowest BCUT2D eigenvalue weighted by Crippen LogP contribution is -2.30. The number of sulfone groups is 1. The molecule has 11 heavy (non-hydrogen) atoms. The minimum absolute atomic E-state index is 0.148. The van der Waals surface area contributed by atoms with Gasteiger partial charge in [-0.3, -0.25) is 0 Å². The van der Waals surface area contributed by atoms with Gasteiger partial charge in [-0.25, -0.2) is 8.42 Å². The molecule has 0 aromatic carbocycles. The van der Waals surface area contributed by atoms with E-state index in [2.05, 4.69) is 0 Å². The van der Waals surface area contributed by atoms with Crippen LogP contribution in [0.4, 0.5) is 0 Å². The van der Waals surface area contributed by atoms with Gasteiger partial charge in [0, 0.05) is 5.75 Å². The predicted molar refractivity (Wildman–Crippen MR) is 43.1 cm³/mol. The maximum absolute atomic E-state index is 11.3. The van der Waals surface area contributed by atoms with Crippen molar-refractivity contribution < 1.29 is 13.5 Å². The summed E-state index contributed by atoms with van der Waals surface area (Å²) in [6, 6.07) is 0. The Bertz CT molecular complexity index is 220. The Hall–Kier alpha value is -0.0900. The second kappa shape index (κ2) is 3.11. The highest BCUT2D eigenvalue weighted by Crippen LogP contribution is 2.25. The normalized spacial score (nSPS) is 32.5. The molecule has 4 heteroatoms. The van der Waals surface area contributed by atoms with E-state index in [9.17, 15) is 13.5 Å². The Morgan fingerprint density at radius 3 is 2.45 bits per heavy atom. The highest BCUT2D eigenvalue weighted by atomic mass is 32.2. The Morgan fingerprint density at radius 1 is 1.45 bits per heavy atom. The molecule has 0 radical (unpaired) electrons. The fourth-order valence-corrected chi connectivity index (χ4v) is 3.11. The van der Waals surface area contributed by atoms with Crippen LogP contribution in [0, 0.1) is 0 Å². The van der Waals surface area contributed by atoms with E-state index in [0.29, 0.717) is 12.8 Å². The summed E-state index contributed by atoms with van der Waals surface area (Å²) < 4.78 is 22.5. The molecule has 1 aliphatic carbocycles. The van der Waals surface area contributed by atoms with Crippen molar-refractivity contribution in [1.29, 1.82) is 0 Å². The van der Waals surface area contributed by atoms with Crippen LogP contribution in [0.1, 0.15) is 26.2 Å². The smallest absolute Gasteiger partial charge is 0.155 e. The SMILES string of the molecule is CCS(=O)(=O)[C@@H]1CCC[C@@H]1O. The van der Waals surface area contributed by atoms with Gasteiger partial charge in [0.05, 0.1) is 11.4 Å². The van der Waals surface area contributed by atoms with Gasteiger partial charge in [0.1, 0.15) is 0 Å². The van der Waals surface area contributed by atoms with Gasteiger partial charge in [-0.05, 0) is 19.3 Å². The summed E-state index contributed by atoms with van der Waals surface area (Å²) in [5, 5.41) is 8.80. The molecule has 0 aromatic heterocycles. The number of hydrogen-bond acceptors (Lipinski definition) is 3. The van der Waals surface area contributed by atoms with Gasteiger partial charge in [0.2, 0.25) is 0 Å². The third kappa shape index (κ3) is 1.73. The van der Waals surface area contributed by atoms with Crippen LogP contribution in [-0.2, 0) is 9.84 Å². The lowest BCUT2D eigenvalue weighted by Gasteiger charge is -2.13. The van der Waals surface area contributed by atoms with E-state index in [0.717, 1.165) is 6.42 Å². The van der Waals surface area contributed by atoms with Crippen LogP contribution in [0.5, 0.6) is 0 Å². The molecule has 1 aliphatic rings. The highest BCUT2D eigenvalue weighted by molar-refractivity contribution is 7.92. The Labute approximate surface area is 67.3 Å². The molecule has 0 saturated heterocycles. The van der Waals surface area contributed by atoms with Crippen LogP contribution in [0.15, 0.2) is 0 Å². The summed E-state index contributed by atoms with van der Waals surface area (Å²) in [4.78, 5) is 0.